The molecule has 4 nitrogen and oxygen atoms in total. The van der Waals surface area contributed by atoms with Gasteiger partial charge >= 0.3 is 6.18 Å². The highest BCUT2D eigenvalue weighted by molar-refractivity contribution is 6.06. The van der Waals surface area contributed by atoms with E-state index in [4.69, 9.17) is 0 Å². The molecule has 1 aromatic heterocycles. The topological polar surface area (TPSA) is 52.1 Å². The summed E-state index contributed by atoms with van der Waals surface area (Å²) in [5.41, 5.74) is -1.02. The summed E-state index contributed by atoms with van der Waals surface area (Å²) in [5.74, 6) is -1.57. The highest BCUT2D eigenvalue weighted by Crippen LogP contribution is 2.29. The first-order chi connectivity index (χ1) is 9.41. The van der Waals surface area contributed by atoms with E-state index in [1.54, 1.807) is 18.2 Å². The zero-order chi connectivity index (χ0) is 14.8. The lowest BCUT2D eigenvalue weighted by molar-refractivity contribution is -0.141. The van der Waals surface area contributed by atoms with Gasteiger partial charge in [0.25, 0.3) is 0 Å². The molecule has 0 N–H and O–H groups in total. The lowest BCUT2D eigenvalue weighted by atomic mass is 10.1. The largest absolute Gasteiger partial charge is 0.481 e. The van der Waals surface area contributed by atoms with Crippen LogP contribution in [-0.2, 0) is 6.18 Å². The Morgan fingerprint density at radius 1 is 1.15 bits per heavy atom. The summed E-state index contributed by atoms with van der Waals surface area (Å²) in [6.45, 7) is 0. The van der Waals surface area contributed by atoms with Crippen LogP contribution in [-0.4, -0.2) is 22.9 Å². The van der Waals surface area contributed by atoms with E-state index in [1.807, 2.05) is 0 Å². The minimum atomic E-state index is -4.68. The summed E-state index contributed by atoms with van der Waals surface area (Å²) in [6.07, 6.45) is -4.68. The van der Waals surface area contributed by atoms with E-state index in [-0.39, 0.29) is 11.4 Å². The molecular formula is C13H9F3N2O2. The van der Waals surface area contributed by atoms with Gasteiger partial charge in [-0.1, -0.05) is 30.3 Å². The molecule has 7 heteroatoms. The molecule has 0 amide bonds. The van der Waals surface area contributed by atoms with Crippen molar-refractivity contribution in [2.75, 3.05) is 7.11 Å². The summed E-state index contributed by atoms with van der Waals surface area (Å²) in [4.78, 5) is 19.0. The fourth-order valence-electron chi connectivity index (χ4n) is 1.49. The van der Waals surface area contributed by atoms with Crippen molar-refractivity contribution >= 4 is 5.78 Å². The van der Waals surface area contributed by atoms with Crippen molar-refractivity contribution in [2.45, 2.75) is 6.18 Å². The molecule has 20 heavy (non-hydrogen) atoms. The lowest BCUT2D eigenvalue weighted by Gasteiger charge is -2.09. The Morgan fingerprint density at radius 2 is 1.80 bits per heavy atom. The minimum absolute atomic E-state index is 0.203. The maximum Gasteiger partial charge on any atom is 0.433 e. The maximum atomic E-state index is 12.7. The molecule has 0 unspecified atom stereocenters. The zero-order valence-electron chi connectivity index (χ0n) is 10.3. The second-order valence-corrected chi connectivity index (χ2v) is 3.81. The molecule has 2 rings (SSSR count). The molecule has 0 aliphatic rings. The molecule has 0 bridgehead atoms. The molecule has 1 aromatic carbocycles. The number of methoxy groups -OCH3 is 1. The van der Waals surface area contributed by atoms with Gasteiger partial charge in [0.15, 0.2) is 5.69 Å². The van der Waals surface area contributed by atoms with E-state index in [9.17, 15) is 18.0 Å². The SMILES string of the molecule is COc1cc(C(F)(F)F)nc(C(=O)c2ccccc2)n1. The molecule has 2 aromatic rings. The van der Waals surface area contributed by atoms with Gasteiger partial charge in [0, 0.05) is 11.6 Å². The van der Waals surface area contributed by atoms with Crippen LogP contribution in [0.3, 0.4) is 0 Å². The van der Waals surface area contributed by atoms with Crippen LogP contribution in [0.15, 0.2) is 36.4 Å². The number of nitrogens with zero attached hydrogens (tertiary/aromatic N) is 2. The molecule has 0 spiro atoms. The van der Waals surface area contributed by atoms with Crippen molar-refractivity contribution in [3.05, 3.63) is 53.5 Å². The van der Waals surface area contributed by atoms with Crippen LogP contribution >= 0.6 is 0 Å². The number of carbonyl (C=O) groups is 1. The van der Waals surface area contributed by atoms with Gasteiger partial charge in [-0.2, -0.15) is 18.2 Å². The first kappa shape index (κ1) is 14.0. The van der Waals surface area contributed by atoms with Gasteiger partial charge in [-0.25, -0.2) is 4.98 Å². The minimum Gasteiger partial charge on any atom is -0.481 e. The summed E-state index contributed by atoms with van der Waals surface area (Å²) in [7, 11) is 1.17. The van der Waals surface area contributed by atoms with Crippen molar-refractivity contribution in [3.63, 3.8) is 0 Å². The number of hydrogen-bond acceptors (Lipinski definition) is 4. The van der Waals surface area contributed by atoms with Crippen molar-refractivity contribution in [1.82, 2.24) is 9.97 Å². The van der Waals surface area contributed by atoms with Crippen LogP contribution in [0.1, 0.15) is 21.9 Å². The Morgan fingerprint density at radius 3 is 2.35 bits per heavy atom. The predicted octanol–water partition coefficient (Wildman–Crippen LogP) is 2.74. The average Bonchev–Trinajstić information content (AvgIpc) is 2.46. The molecule has 0 aliphatic carbocycles. The quantitative estimate of drug-likeness (QED) is 0.812. The Kier molecular flexibility index (Phi) is 3.69. The first-order valence-corrected chi connectivity index (χ1v) is 5.52. The van der Waals surface area contributed by atoms with Gasteiger partial charge in [0.05, 0.1) is 7.11 Å². The number of halogens is 3. The number of carbonyl (C=O) groups excluding carboxylic acids is 1. The second kappa shape index (κ2) is 5.28. The van der Waals surface area contributed by atoms with Gasteiger partial charge in [0.1, 0.15) is 0 Å². The van der Waals surface area contributed by atoms with Crippen LogP contribution in [0, 0.1) is 0 Å². The van der Waals surface area contributed by atoms with Crippen molar-refractivity contribution in [3.8, 4) is 5.88 Å². The first-order valence-electron chi connectivity index (χ1n) is 5.52. The predicted molar refractivity (Wildman–Crippen MR) is 63.5 cm³/mol. The third-order valence-corrected chi connectivity index (χ3v) is 2.44. The second-order valence-electron chi connectivity index (χ2n) is 3.81. The number of aromatic nitrogens is 2. The van der Waals surface area contributed by atoms with Gasteiger partial charge in [-0.05, 0) is 0 Å². The highest BCUT2D eigenvalue weighted by atomic mass is 19.4. The molecule has 1 heterocycles. The number of hydrogen-bond donors (Lipinski definition) is 0. The molecule has 0 radical (unpaired) electrons. The number of alkyl halides is 3. The molecule has 0 fully saturated rings. The van der Waals surface area contributed by atoms with Gasteiger partial charge < -0.3 is 4.74 Å². The van der Waals surface area contributed by atoms with Crippen LogP contribution in [0.4, 0.5) is 13.2 Å². The van der Waals surface area contributed by atoms with Crippen LogP contribution in [0.5, 0.6) is 5.88 Å². The van der Waals surface area contributed by atoms with Crippen LogP contribution < -0.4 is 4.74 Å². The van der Waals surface area contributed by atoms with E-state index in [2.05, 4.69) is 14.7 Å². The molecule has 104 valence electrons. The molecule has 0 saturated heterocycles. The Hall–Kier alpha value is -2.44. The monoisotopic (exact) mass is 282 g/mol. The molecule has 0 saturated carbocycles. The van der Waals surface area contributed by atoms with Crippen LogP contribution in [0.25, 0.3) is 0 Å². The summed E-state index contributed by atoms with van der Waals surface area (Å²) in [6, 6.07) is 8.46. The van der Waals surface area contributed by atoms with Gasteiger partial charge in [-0.3, -0.25) is 4.79 Å². The summed E-state index contributed by atoms with van der Waals surface area (Å²) < 4.78 is 42.8. The third-order valence-electron chi connectivity index (χ3n) is 2.44. The fraction of sp³-hybridized carbons (Fsp3) is 0.154. The summed E-state index contributed by atoms with van der Waals surface area (Å²) in [5, 5.41) is 0. The normalized spacial score (nSPS) is 11.2. The lowest BCUT2D eigenvalue weighted by Crippen LogP contribution is -2.15. The third kappa shape index (κ3) is 2.93. The fourth-order valence-corrected chi connectivity index (χ4v) is 1.49. The number of benzene rings is 1. The number of rotatable bonds is 3. The standard InChI is InChI=1S/C13H9F3N2O2/c1-20-10-7-9(13(14,15)16)17-12(18-10)11(19)8-5-3-2-4-6-8/h2-7H,1H3. The highest BCUT2D eigenvalue weighted by Gasteiger charge is 2.34. The van der Waals surface area contributed by atoms with E-state index < -0.39 is 23.5 Å². The summed E-state index contributed by atoms with van der Waals surface area (Å²) >= 11 is 0. The number of ether oxygens (including phenoxy) is 1. The molecule has 0 atom stereocenters. The van der Waals surface area contributed by atoms with Crippen molar-refractivity contribution in [1.29, 1.82) is 0 Å². The Labute approximate surface area is 112 Å². The van der Waals surface area contributed by atoms with Crippen molar-refractivity contribution in [2.24, 2.45) is 0 Å². The average molecular weight is 282 g/mol. The van der Waals surface area contributed by atoms with E-state index in [1.165, 1.54) is 19.2 Å². The molecule has 0 aliphatic heterocycles. The van der Waals surface area contributed by atoms with Gasteiger partial charge in [-0.15, -0.1) is 0 Å². The van der Waals surface area contributed by atoms with Crippen molar-refractivity contribution < 1.29 is 22.7 Å². The van der Waals surface area contributed by atoms with E-state index in [0.29, 0.717) is 6.07 Å². The van der Waals surface area contributed by atoms with E-state index >= 15 is 0 Å². The van der Waals surface area contributed by atoms with Crippen LogP contribution in [0.2, 0.25) is 0 Å². The maximum absolute atomic E-state index is 12.7. The molecular weight excluding hydrogens is 273 g/mol. The Balaban J connectivity index is 2.49. The Bertz CT molecular complexity index is 627. The zero-order valence-corrected chi connectivity index (χ0v) is 10.3. The van der Waals surface area contributed by atoms with Gasteiger partial charge in [0.2, 0.25) is 17.5 Å². The van der Waals surface area contributed by atoms with E-state index in [0.717, 1.165) is 0 Å². The number of ketones is 1. The smallest absolute Gasteiger partial charge is 0.433 e.